The van der Waals surface area contributed by atoms with Crippen LogP contribution in [0.1, 0.15) is 48.5 Å². The number of carbonyl (C=O) groups excluding carboxylic acids is 1. The van der Waals surface area contributed by atoms with Gasteiger partial charge in [-0.1, -0.05) is 11.6 Å². The van der Waals surface area contributed by atoms with Crippen LogP contribution in [-0.2, 0) is 0 Å². The molecule has 1 fully saturated rings. The molecule has 0 heterocycles. The van der Waals surface area contributed by atoms with Crippen molar-refractivity contribution in [3.63, 3.8) is 0 Å². The van der Waals surface area contributed by atoms with Crippen LogP contribution in [0.25, 0.3) is 11.1 Å². The van der Waals surface area contributed by atoms with Crippen molar-refractivity contribution in [2.75, 3.05) is 0 Å². The SMILES string of the molecule is CC(C)Oc1c(C=O)cc(C2CC2)c(-c2ccc(F)cc2F)c1Cl. The Morgan fingerprint density at radius 3 is 2.50 bits per heavy atom. The molecule has 5 heteroatoms. The zero-order valence-electron chi connectivity index (χ0n) is 13.4. The first-order valence-corrected chi connectivity index (χ1v) is 8.23. The van der Waals surface area contributed by atoms with Crippen molar-refractivity contribution >= 4 is 17.9 Å². The Kier molecular flexibility index (Phi) is 4.59. The highest BCUT2D eigenvalue weighted by atomic mass is 35.5. The lowest BCUT2D eigenvalue weighted by Crippen LogP contribution is -2.09. The van der Waals surface area contributed by atoms with E-state index < -0.39 is 11.6 Å². The van der Waals surface area contributed by atoms with E-state index in [4.69, 9.17) is 16.3 Å². The van der Waals surface area contributed by atoms with Gasteiger partial charge in [-0.15, -0.1) is 0 Å². The summed E-state index contributed by atoms with van der Waals surface area (Å²) >= 11 is 6.52. The molecular weight excluding hydrogens is 334 g/mol. The molecule has 3 rings (SSSR count). The number of hydrogen-bond acceptors (Lipinski definition) is 2. The molecule has 0 radical (unpaired) electrons. The number of halogens is 3. The average molecular weight is 351 g/mol. The molecule has 0 unspecified atom stereocenters. The molecule has 0 bridgehead atoms. The van der Waals surface area contributed by atoms with Crippen molar-refractivity contribution in [2.24, 2.45) is 0 Å². The molecule has 0 amide bonds. The molecule has 0 N–H and O–H groups in total. The van der Waals surface area contributed by atoms with Crippen LogP contribution >= 0.6 is 11.6 Å². The number of aldehydes is 1. The summed E-state index contributed by atoms with van der Waals surface area (Å²) in [6.45, 7) is 3.63. The van der Waals surface area contributed by atoms with E-state index in [1.165, 1.54) is 12.1 Å². The first-order chi connectivity index (χ1) is 11.4. The molecule has 2 nitrogen and oxygen atoms in total. The minimum Gasteiger partial charge on any atom is -0.489 e. The van der Waals surface area contributed by atoms with Crippen LogP contribution in [0.3, 0.4) is 0 Å². The fourth-order valence-electron chi connectivity index (χ4n) is 2.80. The summed E-state index contributed by atoms with van der Waals surface area (Å²) in [5, 5.41) is 0.195. The topological polar surface area (TPSA) is 26.3 Å². The Bertz CT molecular complexity index is 798. The van der Waals surface area contributed by atoms with E-state index in [1.54, 1.807) is 6.07 Å². The Labute approximate surface area is 144 Å². The van der Waals surface area contributed by atoms with Gasteiger partial charge in [-0.05, 0) is 56.4 Å². The lowest BCUT2D eigenvalue weighted by molar-refractivity contribution is 0.111. The second kappa shape index (κ2) is 6.52. The Balaban J connectivity index is 2.28. The molecule has 2 aromatic rings. The van der Waals surface area contributed by atoms with Crippen LogP contribution in [0.2, 0.25) is 5.02 Å². The van der Waals surface area contributed by atoms with E-state index >= 15 is 0 Å². The molecule has 1 aliphatic carbocycles. The summed E-state index contributed by atoms with van der Waals surface area (Å²) in [4.78, 5) is 11.5. The van der Waals surface area contributed by atoms with E-state index in [-0.39, 0.29) is 28.4 Å². The highest BCUT2D eigenvalue weighted by molar-refractivity contribution is 6.35. The van der Waals surface area contributed by atoms with Crippen LogP contribution in [0.4, 0.5) is 8.78 Å². The van der Waals surface area contributed by atoms with Gasteiger partial charge in [-0.25, -0.2) is 8.78 Å². The molecule has 1 aliphatic rings. The van der Waals surface area contributed by atoms with Gasteiger partial charge in [0.15, 0.2) is 6.29 Å². The van der Waals surface area contributed by atoms with Gasteiger partial charge in [-0.3, -0.25) is 4.79 Å². The van der Waals surface area contributed by atoms with E-state index in [0.29, 0.717) is 17.4 Å². The Morgan fingerprint density at radius 1 is 1.25 bits per heavy atom. The van der Waals surface area contributed by atoms with Crippen molar-refractivity contribution in [3.8, 4) is 16.9 Å². The maximum Gasteiger partial charge on any atom is 0.153 e. The predicted molar refractivity (Wildman–Crippen MR) is 89.9 cm³/mol. The zero-order valence-corrected chi connectivity index (χ0v) is 14.2. The molecule has 2 aromatic carbocycles. The monoisotopic (exact) mass is 350 g/mol. The molecule has 0 aromatic heterocycles. The highest BCUT2D eigenvalue weighted by Crippen LogP contribution is 2.50. The van der Waals surface area contributed by atoms with Crippen molar-refractivity contribution < 1.29 is 18.3 Å². The average Bonchev–Trinajstić information content (AvgIpc) is 3.34. The highest BCUT2D eigenvalue weighted by Gasteiger charge is 2.31. The van der Waals surface area contributed by atoms with Gasteiger partial charge < -0.3 is 4.74 Å². The summed E-state index contributed by atoms with van der Waals surface area (Å²) in [7, 11) is 0. The quantitative estimate of drug-likeness (QED) is 0.640. The molecule has 0 spiro atoms. The van der Waals surface area contributed by atoms with E-state index in [2.05, 4.69) is 0 Å². The summed E-state index contributed by atoms with van der Waals surface area (Å²) in [6.07, 6.45) is 2.41. The Hall–Kier alpha value is -1.94. The third-order valence-electron chi connectivity index (χ3n) is 3.98. The predicted octanol–water partition coefficient (Wildman–Crippen LogP) is 5.76. The normalized spacial score (nSPS) is 14.1. The lowest BCUT2D eigenvalue weighted by atomic mass is 9.93. The van der Waals surface area contributed by atoms with Crippen molar-refractivity contribution in [2.45, 2.75) is 38.7 Å². The van der Waals surface area contributed by atoms with E-state index in [1.807, 2.05) is 13.8 Å². The van der Waals surface area contributed by atoms with Crippen molar-refractivity contribution in [1.29, 1.82) is 0 Å². The number of rotatable bonds is 5. The largest absolute Gasteiger partial charge is 0.489 e. The maximum absolute atomic E-state index is 14.3. The fraction of sp³-hybridized carbons (Fsp3) is 0.316. The van der Waals surface area contributed by atoms with Crippen molar-refractivity contribution in [3.05, 3.63) is 52.0 Å². The first-order valence-electron chi connectivity index (χ1n) is 7.86. The van der Waals surface area contributed by atoms with Crippen LogP contribution in [0.5, 0.6) is 5.75 Å². The van der Waals surface area contributed by atoms with Crippen LogP contribution in [-0.4, -0.2) is 12.4 Å². The van der Waals surface area contributed by atoms with E-state index in [9.17, 15) is 13.6 Å². The van der Waals surface area contributed by atoms with Gasteiger partial charge in [-0.2, -0.15) is 0 Å². The third kappa shape index (κ3) is 3.16. The third-order valence-corrected chi connectivity index (χ3v) is 4.34. The van der Waals surface area contributed by atoms with Gasteiger partial charge >= 0.3 is 0 Å². The molecule has 0 atom stereocenters. The van der Waals surface area contributed by atoms with Gasteiger partial charge in [0.25, 0.3) is 0 Å². The van der Waals surface area contributed by atoms with E-state index in [0.717, 1.165) is 24.5 Å². The first kappa shape index (κ1) is 16.9. The standard InChI is InChI=1S/C19H17ClF2O2/c1-10(2)24-19-12(9-23)7-15(11-3-4-11)17(18(19)20)14-6-5-13(21)8-16(14)22/h5-11H,3-4H2,1-2H3. The molecular formula is C19H17ClF2O2. The smallest absolute Gasteiger partial charge is 0.153 e. The molecule has 24 heavy (non-hydrogen) atoms. The zero-order chi connectivity index (χ0) is 17.4. The summed E-state index contributed by atoms with van der Waals surface area (Å²) in [5.74, 6) is -0.866. The van der Waals surface area contributed by atoms with Crippen LogP contribution in [0, 0.1) is 11.6 Å². The minimum atomic E-state index is -0.687. The molecule has 1 saturated carbocycles. The fourth-order valence-corrected chi connectivity index (χ4v) is 3.16. The van der Waals surface area contributed by atoms with Crippen LogP contribution in [0.15, 0.2) is 24.3 Å². The lowest BCUT2D eigenvalue weighted by Gasteiger charge is -2.20. The van der Waals surface area contributed by atoms with Gasteiger partial charge in [0.2, 0.25) is 0 Å². The van der Waals surface area contributed by atoms with Gasteiger partial charge in [0.1, 0.15) is 17.4 Å². The summed E-state index contributed by atoms with van der Waals surface area (Å²) < 4.78 is 33.3. The number of benzene rings is 2. The van der Waals surface area contributed by atoms with Crippen molar-refractivity contribution in [1.82, 2.24) is 0 Å². The Morgan fingerprint density at radius 2 is 1.96 bits per heavy atom. The van der Waals surface area contributed by atoms with Crippen LogP contribution < -0.4 is 4.74 Å². The molecule has 0 saturated heterocycles. The van der Waals surface area contributed by atoms with Gasteiger partial charge in [0.05, 0.1) is 16.7 Å². The second-order valence-electron chi connectivity index (χ2n) is 6.26. The maximum atomic E-state index is 14.3. The molecule has 126 valence electrons. The minimum absolute atomic E-state index is 0.195. The number of hydrogen-bond donors (Lipinski definition) is 0. The van der Waals surface area contributed by atoms with Gasteiger partial charge in [0, 0.05) is 17.2 Å². The summed E-state index contributed by atoms with van der Waals surface area (Å²) in [6, 6.07) is 5.12. The molecule has 0 aliphatic heterocycles. The number of ether oxygens (including phenoxy) is 1. The second-order valence-corrected chi connectivity index (χ2v) is 6.63. The number of carbonyl (C=O) groups is 1. The summed E-state index contributed by atoms with van der Waals surface area (Å²) in [5.41, 5.74) is 1.86.